The Morgan fingerprint density at radius 2 is 1.25 bits per heavy atom. The summed E-state index contributed by atoms with van der Waals surface area (Å²) in [6.45, 7) is 8.85. The quantitative estimate of drug-likeness (QED) is 0.341. The first-order valence-electron chi connectivity index (χ1n) is 7.38. The topological polar surface area (TPSA) is 96.2 Å². The Bertz CT molecular complexity index is 225. The molecule has 0 saturated carbocycles. The molecular formula is C14H32N2O4. The van der Waals surface area contributed by atoms with E-state index in [0.717, 1.165) is 0 Å². The first-order valence-corrected chi connectivity index (χ1v) is 7.38. The lowest BCUT2D eigenvalue weighted by molar-refractivity contribution is 0.0691. The van der Waals surface area contributed by atoms with E-state index in [2.05, 4.69) is 5.32 Å². The molecule has 0 aliphatic rings. The molecule has 0 aliphatic heterocycles. The van der Waals surface area contributed by atoms with Gasteiger partial charge in [-0.15, -0.1) is 0 Å². The molecule has 0 bridgehead atoms. The van der Waals surface area contributed by atoms with Gasteiger partial charge in [-0.25, -0.2) is 0 Å². The summed E-state index contributed by atoms with van der Waals surface area (Å²) >= 11 is 0. The second kappa shape index (κ2) is 10.5. The summed E-state index contributed by atoms with van der Waals surface area (Å²) in [5, 5.41) is 41.1. The third-order valence-corrected chi connectivity index (χ3v) is 2.85. The highest BCUT2D eigenvalue weighted by Crippen LogP contribution is 2.04. The van der Waals surface area contributed by atoms with E-state index in [1.165, 1.54) is 0 Å². The van der Waals surface area contributed by atoms with Crippen molar-refractivity contribution in [1.29, 1.82) is 0 Å². The standard InChI is InChI=1S/C14H32N2O4/c1-10(17)5-14(15-6-11(2)18)9-16(7-12(3)19)8-13(4)20/h10-15,17-20H,5-9H2,1-4H3. The molecule has 0 aromatic heterocycles. The van der Waals surface area contributed by atoms with Gasteiger partial charge >= 0.3 is 0 Å². The van der Waals surface area contributed by atoms with Crippen LogP contribution in [0.3, 0.4) is 0 Å². The fraction of sp³-hybridized carbons (Fsp3) is 1.00. The zero-order valence-electron chi connectivity index (χ0n) is 13.2. The lowest BCUT2D eigenvalue weighted by Gasteiger charge is -2.31. The van der Waals surface area contributed by atoms with E-state index in [1.54, 1.807) is 27.7 Å². The van der Waals surface area contributed by atoms with Crippen LogP contribution < -0.4 is 5.32 Å². The molecule has 122 valence electrons. The van der Waals surface area contributed by atoms with Gasteiger partial charge < -0.3 is 25.7 Å². The normalized spacial score (nSPS) is 19.6. The molecule has 0 rings (SSSR count). The molecule has 5 atom stereocenters. The van der Waals surface area contributed by atoms with E-state index in [0.29, 0.717) is 32.6 Å². The summed E-state index contributed by atoms with van der Waals surface area (Å²) in [6, 6.07) is 0.00194. The fourth-order valence-electron chi connectivity index (χ4n) is 2.25. The Morgan fingerprint density at radius 1 is 0.750 bits per heavy atom. The van der Waals surface area contributed by atoms with Gasteiger partial charge in [-0.05, 0) is 34.1 Å². The van der Waals surface area contributed by atoms with Crippen molar-refractivity contribution in [2.24, 2.45) is 0 Å². The Hall–Kier alpha value is -0.240. The molecule has 0 saturated heterocycles. The fourth-order valence-corrected chi connectivity index (χ4v) is 2.25. The number of aliphatic hydroxyl groups excluding tert-OH is 4. The monoisotopic (exact) mass is 292 g/mol. The van der Waals surface area contributed by atoms with Crippen LogP contribution in [0.15, 0.2) is 0 Å². The van der Waals surface area contributed by atoms with Crippen molar-refractivity contribution in [3.63, 3.8) is 0 Å². The number of hydrogen-bond acceptors (Lipinski definition) is 6. The lowest BCUT2D eigenvalue weighted by Crippen LogP contribution is -2.48. The van der Waals surface area contributed by atoms with Crippen molar-refractivity contribution in [2.45, 2.75) is 64.6 Å². The lowest BCUT2D eigenvalue weighted by atomic mass is 10.1. The van der Waals surface area contributed by atoms with Crippen molar-refractivity contribution in [1.82, 2.24) is 10.2 Å². The molecule has 0 amide bonds. The van der Waals surface area contributed by atoms with Crippen LogP contribution in [0.2, 0.25) is 0 Å². The van der Waals surface area contributed by atoms with Crippen molar-refractivity contribution in [2.75, 3.05) is 26.2 Å². The van der Waals surface area contributed by atoms with Crippen LogP contribution in [-0.2, 0) is 0 Å². The molecule has 5 N–H and O–H groups in total. The van der Waals surface area contributed by atoms with Crippen LogP contribution >= 0.6 is 0 Å². The highest BCUT2D eigenvalue weighted by Gasteiger charge is 2.18. The third-order valence-electron chi connectivity index (χ3n) is 2.85. The van der Waals surface area contributed by atoms with Gasteiger partial charge in [0.15, 0.2) is 0 Å². The maximum atomic E-state index is 9.54. The van der Waals surface area contributed by atoms with Crippen LogP contribution in [0.5, 0.6) is 0 Å². The van der Waals surface area contributed by atoms with Gasteiger partial charge in [-0.1, -0.05) is 0 Å². The van der Waals surface area contributed by atoms with Crippen LogP contribution in [0.4, 0.5) is 0 Å². The molecule has 0 spiro atoms. The Morgan fingerprint density at radius 3 is 1.60 bits per heavy atom. The van der Waals surface area contributed by atoms with Gasteiger partial charge in [0.25, 0.3) is 0 Å². The minimum absolute atomic E-state index is 0.00194. The van der Waals surface area contributed by atoms with Crippen LogP contribution in [0.25, 0.3) is 0 Å². The van der Waals surface area contributed by atoms with Crippen molar-refractivity contribution >= 4 is 0 Å². The summed E-state index contributed by atoms with van der Waals surface area (Å²) in [4.78, 5) is 1.97. The SMILES string of the molecule is CC(O)CNC(CC(C)O)CN(CC(C)O)CC(C)O. The van der Waals surface area contributed by atoms with Crippen molar-refractivity contribution in [3.05, 3.63) is 0 Å². The van der Waals surface area contributed by atoms with Gasteiger partial charge in [0, 0.05) is 32.2 Å². The summed E-state index contributed by atoms with van der Waals surface area (Å²) < 4.78 is 0. The highest BCUT2D eigenvalue weighted by atomic mass is 16.3. The van der Waals surface area contributed by atoms with E-state index < -0.39 is 24.4 Å². The maximum absolute atomic E-state index is 9.54. The largest absolute Gasteiger partial charge is 0.393 e. The molecule has 5 unspecified atom stereocenters. The molecule has 6 nitrogen and oxygen atoms in total. The summed E-state index contributed by atoms with van der Waals surface area (Å²) in [5.74, 6) is 0. The predicted octanol–water partition coefficient (Wildman–Crippen LogP) is -0.840. The zero-order valence-corrected chi connectivity index (χ0v) is 13.2. The smallest absolute Gasteiger partial charge is 0.0639 e. The molecule has 6 heteroatoms. The minimum Gasteiger partial charge on any atom is -0.393 e. The van der Waals surface area contributed by atoms with Gasteiger partial charge in [0.1, 0.15) is 0 Å². The van der Waals surface area contributed by atoms with Gasteiger partial charge in [-0.3, -0.25) is 4.90 Å². The van der Waals surface area contributed by atoms with E-state index in [9.17, 15) is 20.4 Å². The first-order chi connectivity index (χ1) is 9.20. The summed E-state index contributed by atoms with van der Waals surface area (Å²) in [7, 11) is 0. The molecule has 0 radical (unpaired) electrons. The molecule has 0 fully saturated rings. The molecule has 0 heterocycles. The highest BCUT2D eigenvalue weighted by molar-refractivity contribution is 4.77. The zero-order chi connectivity index (χ0) is 15.7. The molecule has 20 heavy (non-hydrogen) atoms. The molecule has 0 aromatic carbocycles. The van der Waals surface area contributed by atoms with Gasteiger partial charge in [0.05, 0.1) is 24.4 Å². The van der Waals surface area contributed by atoms with Crippen LogP contribution in [0, 0.1) is 0 Å². The number of nitrogens with zero attached hydrogens (tertiary/aromatic N) is 1. The molecule has 0 aromatic rings. The van der Waals surface area contributed by atoms with E-state index in [-0.39, 0.29) is 6.04 Å². The second-order valence-electron chi connectivity index (χ2n) is 5.96. The second-order valence-corrected chi connectivity index (χ2v) is 5.96. The molecule has 0 aliphatic carbocycles. The van der Waals surface area contributed by atoms with E-state index in [4.69, 9.17) is 0 Å². The average Bonchev–Trinajstić information content (AvgIpc) is 2.22. The third kappa shape index (κ3) is 11.6. The first kappa shape index (κ1) is 19.8. The average molecular weight is 292 g/mol. The Kier molecular flexibility index (Phi) is 10.4. The Labute approximate surface area is 122 Å². The number of aliphatic hydroxyl groups is 4. The van der Waals surface area contributed by atoms with E-state index >= 15 is 0 Å². The van der Waals surface area contributed by atoms with Crippen LogP contribution in [-0.4, -0.2) is 82.0 Å². The summed E-state index contributed by atoms with van der Waals surface area (Å²) in [6.07, 6.45) is -1.28. The van der Waals surface area contributed by atoms with Gasteiger partial charge in [-0.2, -0.15) is 0 Å². The maximum Gasteiger partial charge on any atom is 0.0639 e. The van der Waals surface area contributed by atoms with Crippen molar-refractivity contribution in [3.8, 4) is 0 Å². The van der Waals surface area contributed by atoms with Gasteiger partial charge in [0.2, 0.25) is 0 Å². The Balaban J connectivity index is 4.50. The summed E-state index contributed by atoms with van der Waals surface area (Å²) in [5.41, 5.74) is 0. The predicted molar refractivity (Wildman–Crippen MR) is 79.6 cm³/mol. The van der Waals surface area contributed by atoms with Crippen molar-refractivity contribution < 1.29 is 20.4 Å². The number of rotatable bonds is 11. The van der Waals surface area contributed by atoms with Crippen LogP contribution in [0.1, 0.15) is 34.1 Å². The number of hydrogen-bond donors (Lipinski definition) is 5. The number of nitrogens with one attached hydrogen (secondary N) is 1. The molecular weight excluding hydrogens is 260 g/mol. The van der Waals surface area contributed by atoms with E-state index in [1.807, 2.05) is 4.90 Å². The minimum atomic E-state index is -0.474.